The molecule has 1 aromatic heterocycles. The van der Waals surface area contributed by atoms with Gasteiger partial charge >= 0.3 is 6.18 Å². The van der Waals surface area contributed by atoms with Gasteiger partial charge in [0.25, 0.3) is 11.5 Å². The number of amides is 1. The lowest BCUT2D eigenvalue weighted by atomic mass is 10.1. The molecule has 11 heteroatoms. The van der Waals surface area contributed by atoms with E-state index in [-0.39, 0.29) is 37.1 Å². The molecular formula is C25H19ClF4N4O2. The fourth-order valence-electron chi connectivity index (χ4n) is 3.92. The molecule has 36 heavy (non-hydrogen) atoms. The van der Waals surface area contributed by atoms with E-state index >= 15 is 0 Å². The maximum absolute atomic E-state index is 13.9. The summed E-state index contributed by atoms with van der Waals surface area (Å²) in [6.45, 7) is 0.140. The number of nitrogens with zero attached hydrogens (tertiary/aromatic N) is 3. The van der Waals surface area contributed by atoms with Crippen molar-refractivity contribution in [2.75, 3.05) is 11.9 Å². The molecular weight excluding hydrogens is 500 g/mol. The highest BCUT2D eigenvalue weighted by Gasteiger charge is 2.34. The van der Waals surface area contributed by atoms with Crippen molar-refractivity contribution in [1.29, 1.82) is 0 Å². The molecule has 6 nitrogen and oxygen atoms in total. The normalized spacial score (nSPS) is 13.2. The van der Waals surface area contributed by atoms with Crippen molar-refractivity contribution in [1.82, 2.24) is 14.5 Å². The number of carbonyl (C=O) groups excluding carboxylic acids is 1. The fraction of sp³-hybridized carbons (Fsp3) is 0.240. The van der Waals surface area contributed by atoms with Crippen LogP contribution in [-0.2, 0) is 32.2 Å². The molecule has 0 radical (unpaired) electrons. The van der Waals surface area contributed by atoms with Crippen LogP contribution < -0.4 is 10.9 Å². The average molecular weight is 519 g/mol. The second-order valence-electron chi connectivity index (χ2n) is 8.11. The van der Waals surface area contributed by atoms with Crippen LogP contribution in [0, 0.1) is 18.2 Å². The van der Waals surface area contributed by atoms with Gasteiger partial charge in [0.05, 0.1) is 29.9 Å². The Kier molecular flexibility index (Phi) is 7.04. The third-order valence-electron chi connectivity index (χ3n) is 5.73. The van der Waals surface area contributed by atoms with Gasteiger partial charge < -0.3 is 10.2 Å². The van der Waals surface area contributed by atoms with Crippen LogP contribution in [0.5, 0.6) is 0 Å². The number of terminal acetylenes is 1. The number of alkyl halides is 3. The number of rotatable bonds is 5. The molecule has 1 aliphatic heterocycles. The molecule has 0 bridgehead atoms. The first kappa shape index (κ1) is 25.3. The maximum atomic E-state index is 13.9. The van der Waals surface area contributed by atoms with E-state index in [9.17, 15) is 27.2 Å². The van der Waals surface area contributed by atoms with E-state index in [1.165, 1.54) is 9.47 Å². The Morgan fingerprint density at radius 1 is 1.19 bits per heavy atom. The molecule has 0 spiro atoms. The van der Waals surface area contributed by atoms with Crippen molar-refractivity contribution in [3.63, 3.8) is 0 Å². The first-order valence-electron chi connectivity index (χ1n) is 10.8. The quantitative estimate of drug-likeness (QED) is 0.399. The summed E-state index contributed by atoms with van der Waals surface area (Å²) in [5.74, 6) is 0.825. The Labute approximate surface area is 208 Å². The van der Waals surface area contributed by atoms with E-state index in [4.69, 9.17) is 18.0 Å². The van der Waals surface area contributed by atoms with Crippen molar-refractivity contribution in [2.24, 2.45) is 0 Å². The topological polar surface area (TPSA) is 67.2 Å². The Morgan fingerprint density at radius 3 is 2.56 bits per heavy atom. The van der Waals surface area contributed by atoms with Gasteiger partial charge in [-0.25, -0.2) is 9.37 Å². The van der Waals surface area contributed by atoms with E-state index in [0.29, 0.717) is 40.9 Å². The number of aromatic nitrogens is 2. The molecule has 186 valence electrons. The van der Waals surface area contributed by atoms with E-state index in [1.54, 1.807) is 24.3 Å². The monoisotopic (exact) mass is 518 g/mol. The summed E-state index contributed by atoms with van der Waals surface area (Å²) in [6.07, 6.45) is 0.936. The Hall–Kier alpha value is -3.84. The van der Waals surface area contributed by atoms with E-state index < -0.39 is 23.1 Å². The Bertz CT molecular complexity index is 1410. The number of hydrogen-bond acceptors (Lipinski definition) is 4. The number of carbonyl (C=O) groups is 1. The Morgan fingerprint density at radius 2 is 1.92 bits per heavy atom. The summed E-state index contributed by atoms with van der Waals surface area (Å²) in [7, 11) is 0. The first-order chi connectivity index (χ1) is 17.1. The molecule has 0 aliphatic carbocycles. The van der Waals surface area contributed by atoms with Gasteiger partial charge in [-0.05, 0) is 42.0 Å². The smallest absolute Gasteiger partial charge is 0.351 e. The fourth-order valence-corrected chi connectivity index (χ4v) is 4.04. The molecule has 0 saturated heterocycles. The van der Waals surface area contributed by atoms with Crippen molar-refractivity contribution in [3.8, 4) is 12.3 Å². The third-order valence-corrected chi connectivity index (χ3v) is 5.98. The largest absolute Gasteiger partial charge is 0.419 e. The zero-order chi connectivity index (χ0) is 26.0. The van der Waals surface area contributed by atoms with Crippen LogP contribution >= 0.6 is 11.6 Å². The van der Waals surface area contributed by atoms with E-state index in [2.05, 4.69) is 16.2 Å². The molecule has 1 aliphatic rings. The summed E-state index contributed by atoms with van der Waals surface area (Å²) in [6, 6.07) is 8.99. The molecule has 0 unspecified atom stereocenters. The number of halogens is 5. The molecule has 0 fully saturated rings. The second-order valence-corrected chi connectivity index (χ2v) is 8.54. The predicted molar refractivity (Wildman–Crippen MR) is 126 cm³/mol. The van der Waals surface area contributed by atoms with Crippen LogP contribution in [0.25, 0.3) is 0 Å². The van der Waals surface area contributed by atoms with Gasteiger partial charge in [-0.2, -0.15) is 13.2 Å². The predicted octanol–water partition coefficient (Wildman–Crippen LogP) is 4.50. The lowest BCUT2D eigenvalue weighted by molar-refractivity contribution is -0.140. The zero-order valence-corrected chi connectivity index (χ0v) is 19.5. The van der Waals surface area contributed by atoms with Crippen molar-refractivity contribution in [2.45, 2.75) is 32.2 Å². The van der Waals surface area contributed by atoms with Gasteiger partial charge in [-0.1, -0.05) is 23.6 Å². The third kappa shape index (κ3) is 5.21. The molecule has 4 rings (SSSR count). The number of nitrogens with one attached hydrogen (secondary N) is 1. The lowest BCUT2D eigenvalue weighted by Gasteiger charge is -2.29. The summed E-state index contributed by atoms with van der Waals surface area (Å²) >= 11 is 5.89. The summed E-state index contributed by atoms with van der Waals surface area (Å²) in [5, 5.41) is 3.37. The minimum absolute atomic E-state index is 0.0393. The Balaban J connectivity index is 1.58. The van der Waals surface area contributed by atoms with Crippen molar-refractivity contribution >= 4 is 23.5 Å². The minimum Gasteiger partial charge on any atom is -0.351 e. The van der Waals surface area contributed by atoms with Crippen LogP contribution in [0.4, 0.5) is 23.5 Å². The number of fused-ring (bicyclic) bond motifs is 1. The summed E-state index contributed by atoms with van der Waals surface area (Å²) < 4.78 is 53.6. The molecule has 1 amide bonds. The molecule has 2 aromatic carbocycles. The average Bonchev–Trinajstić information content (AvgIpc) is 2.84. The van der Waals surface area contributed by atoms with Crippen molar-refractivity contribution in [3.05, 3.63) is 91.6 Å². The minimum atomic E-state index is -4.80. The van der Waals surface area contributed by atoms with E-state index in [0.717, 1.165) is 12.1 Å². The van der Waals surface area contributed by atoms with Gasteiger partial charge in [0.15, 0.2) is 0 Å². The molecule has 1 N–H and O–H groups in total. The first-order valence-corrected chi connectivity index (χ1v) is 11.2. The van der Waals surface area contributed by atoms with Gasteiger partial charge in [0.1, 0.15) is 5.82 Å². The highest BCUT2D eigenvalue weighted by molar-refractivity contribution is 6.30. The van der Waals surface area contributed by atoms with Crippen molar-refractivity contribution < 1.29 is 22.4 Å². The second kappa shape index (κ2) is 10.0. The highest BCUT2D eigenvalue weighted by atomic mass is 35.5. The molecule has 0 atom stereocenters. The van der Waals surface area contributed by atoms with Gasteiger partial charge in [0, 0.05) is 30.1 Å². The SMILES string of the molecule is C#CCn1c(NCc2ccc(C(F)(F)F)c(F)c2)nc2c(c1=O)CN(C(=O)c1ccc(Cl)cc1)CC2. The number of anilines is 1. The zero-order valence-electron chi connectivity index (χ0n) is 18.7. The molecule has 2 heterocycles. The standard InChI is InChI=1S/C25H19ClF4N4O2/c1-2-10-34-23(36)18-14-33(22(35)16-4-6-17(26)7-5-16)11-9-21(18)32-24(34)31-13-15-3-8-19(20(27)12-15)25(28,29)30/h1,3-8,12H,9-11,13-14H2,(H,31,32). The van der Waals surface area contributed by atoms with Crippen LogP contribution in [0.15, 0.2) is 47.3 Å². The van der Waals surface area contributed by atoms with Crippen LogP contribution in [0.2, 0.25) is 5.02 Å². The van der Waals surface area contributed by atoms with Gasteiger partial charge in [-0.3, -0.25) is 14.2 Å². The number of benzene rings is 2. The molecule has 3 aromatic rings. The summed E-state index contributed by atoms with van der Waals surface area (Å²) in [4.78, 5) is 32.2. The summed E-state index contributed by atoms with van der Waals surface area (Å²) in [5.41, 5.74) is -0.339. The van der Waals surface area contributed by atoms with Crippen LogP contribution in [-0.4, -0.2) is 26.9 Å². The van der Waals surface area contributed by atoms with E-state index in [1.807, 2.05) is 0 Å². The molecule has 0 saturated carbocycles. The highest BCUT2D eigenvalue weighted by Crippen LogP contribution is 2.31. The lowest BCUT2D eigenvalue weighted by Crippen LogP contribution is -2.41. The van der Waals surface area contributed by atoms with Crippen LogP contribution in [0.3, 0.4) is 0 Å². The van der Waals surface area contributed by atoms with Gasteiger partial charge in [-0.15, -0.1) is 6.42 Å². The maximum Gasteiger partial charge on any atom is 0.419 e. The van der Waals surface area contributed by atoms with Crippen LogP contribution in [0.1, 0.15) is 32.7 Å². The number of hydrogen-bond donors (Lipinski definition) is 1. The van der Waals surface area contributed by atoms with Gasteiger partial charge in [0.2, 0.25) is 5.95 Å².